The first kappa shape index (κ1) is 22.7. The zero-order valence-corrected chi connectivity index (χ0v) is 16.8. The number of phenolic OH excluding ortho intramolecular Hbond substituents is 1. The molecule has 2 aromatic rings. The molecule has 3 amide bonds. The van der Waals surface area contributed by atoms with Gasteiger partial charge in [-0.1, -0.05) is 0 Å². The minimum absolute atomic E-state index is 0.0166. The molecule has 1 aromatic heterocycles. The first-order valence-electron chi connectivity index (χ1n) is 9.42. The fourth-order valence-electron chi connectivity index (χ4n) is 3.15. The smallest absolute Gasteiger partial charge is 0.339 e. The minimum atomic E-state index is -1.20. The highest BCUT2D eigenvalue weighted by molar-refractivity contribution is 5.86. The van der Waals surface area contributed by atoms with Gasteiger partial charge in [0.2, 0.25) is 5.91 Å². The van der Waals surface area contributed by atoms with Gasteiger partial charge in [-0.25, -0.2) is 14.4 Å². The Labute approximate surface area is 172 Å². The van der Waals surface area contributed by atoms with Crippen molar-refractivity contribution in [2.24, 2.45) is 5.73 Å². The van der Waals surface area contributed by atoms with Crippen LogP contribution >= 0.6 is 0 Å². The molecule has 0 unspecified atom stereocenters. The highest BCUT2D eigenvalue weighted by Gasteiger charge is 2.21. The molecule has 2 rings (SSSR count). The van der Waals surface area contributed by atoms with Crippen LogP contribution in [0.15, 0.2) is 21.3 Å². The number of urea groups is 1. The monoisotopic (exact) mass is 419 g/mol. The van der Waals surface area contributed by atoms with Crippen molar-refractivity contribution in [3.63, 3.8) is 0 Å². The van der Waals surface area contributed by atoms with Gasteiger partial charge in [0, 0.05) is 29.5 Å². The van der Waals surface area contributed by atoms with Crippen molar-refractivity contribution in [2.75, 3.05) is 6.54 Å². The van der Waals surface area contributed by atoms with Gasteiger partial charge in [-0.2, -0.15) is 0 Å². The summed E-state index contributed by atoms with van der Waals surface area (Å²) in [6.07, 6.45) is 0.407. The number of carbonyl (C=O) groups excluding carboxylic acids is 2. The maximum atomic E-state index is 12.4. The standard InChI is InChI=1S/C20H25N3O7/c1-10-12-5-7-15(24)11(2)17(12)30-19(28)13(10)6-8-16(25)23-14(18(26)27)4-3-9-22-20(21)29/h5,7,14,24H,3-4,6,8-9H2,1-2H3,(H,23,25)(H,26,27)(H3,21,22,29)/t14-/m0/s1. The topological polar surface area (TPSA) is 172 Å². The number of rotatable bonds is 9. The predicted octanol–water partition coefficient (Wildman–Crippen LogP) is 1.07. The van der Waals surface area contributed by atoms with Crippen LogP contribution in [-0.2, 0) is 16.0 Å². The molecule has 0 saturated heterocycles. The van der Waals surface area contributed by atoms with Crippen LogP contribution in [0.4, 0.5) is 4.79 Å². The number of hydrogen-bond acceptors (Lipinski definition) is 6. The fraction of sp³-hybridized carbons (Fsp3) is 0.400. The van der Waals surface area contributed by atoms with Gasteiger partial charge in [0.05, 0.1) is 0 Å². The number of nitrogens with one attached hydrogen (secondary N) is 2. The van der Waals surface area contributed by atoms with Crippen molar-refractivity contribution in [3.05, 3.63) is 39.2 Å². The second kappa shape index (κ2) is 9.77. The lowest BCUT2D eigenvalue weighted by Crippen LogP contribution is -2.41. The number of primary amides is 1. The summed E-state index contributed by atoms with van der Waals surface area (Å²) in [5, 5.41) is 24.5. The van der Waals surface area contributed by atoms with Gasteiger partial charge in [-0.15, -0.1) is 0 Å². The van der Waals surface area contributed by atoms with Gasteiger partial charge >= 0.3 is 17.6 Å². The first-order chi connectivity index (χ1) is 14.1. The molecule has 0 spiro atoms. The molecule has 1 heterocycles. The second-order valence-electron chi connectivity index (χ2n) is 6.97. The van der Waals surface area contributed by atoms with E-state index in [0.29, 0.717) is 34.1 Å². The Balaban J connectivity index is 2.05. The lowest BCUT2D eigenvalue weighted by molar-refractivity contribution is -0.142. The Kier molecular flexibility index (Phi) is 7.40. The fourth-order valence-corrected chi connectivity index (χ4v) is 3.15. The van der Waals surface area contributed by atoms with Gasteiger partial charge in [0.15, 0.2) is 0 Å². The zero-order chi connectivity index (χ0) is 22.4. The predicted molar refractivity (Wildman–Crippen MR) is 108 cm³/mol. The number of carbonyl (C=O) groups is 3. The summed E-state index contributed by atoms with van der Waals surface area (Å²) in [4.78, 5) is 46.6. The van der Waals surface area contributed by atoms with E-state index in [1.165, 1.54) is 6.07 Å². The minimum Gasteiger partial charge on any atom is -0.508 e. The summed E-state index contributed by atoms with van der Waals surface area (Å²) < 4.78 is 5.34. The summed E-state index contributed by atoms with van der Waals surface area (Å²) >= 11 is 0. The van der Waals surface area contributed by atoms with Crippen LogP contribution in [0.25, 0.3) is 11.0 Å². The molecule has 1 atom stereocenters. The van der Waals surface area contributed by atoms with Crippen LogP contribution in [0.1, 0.15) is 36.0 Å². The number of carboxylic acid groups (broad SMARTS) is 1. The number of aliphatic carboxylic acids is 1. The summed E-state index contributed by atoms with van der Waals surface area (Å²) in [7, 11) is 0. The van der Waals surface area contributed by atoms with Gasteiger partial charge < -0.3 is 31.0 Å². The van der Waals surface area contributed by atoms with Gasteiger partial charge in [-0.05, 0) is 50.8 Å². The lowest BCUT2D eigenvalue weighted by Gasteiger charge is -2.15. The Bertz CT molecular complexity index is 1030. The van der Waals surface area contributed by atoms with Crippen molar-refractivity contribution >= 4 is 28.9 Å². The van der Waals surface area contributed by atoms with Gasteiger partial charge in [0.1, 0.15) is 17.4 Å². The molecule has 6 N–H and O–H groups in total. The Morgan fingerprint density at radius 3 is 2.53 bits per heavy atom. The van der Waals surface area contributed by atoms with Crippen LogP contribution in [0.2, 0.25) is 0 Å². The highest BCUT2D eigenvalue weighted by atomic mass is 16.4. The van der Waals surface area contributed by atoms with Crippen LogP contribution in [-0.4, -0.2) is 40.7 Å². The number of aryl methyl sites for hydroxylation is 2. The summed E-state index contributed by atoms with van der Waals surface area (Å²) in [6.45, 7) is 3.56. The maximum absolute atomic E-state index is 12.4. The number of fused-ring (bicyclic) bond motifs is 1. The zero-order valence-electron chi connectivity index (χ0n) is 16.8. The maximum Gasteiger partial charge on any atom is 0.339 e. The SMILES string of the molecule is Cc1c(CCC(=O)N[C@@H](CCCNC(N)=O)C(=O)O)c(=O)oc2c(C)c(O)ccc12. The van der Waals surface area contributed by atoms with E-state index in [2.05, 4.69) is 10.6 Å². The number of benzene rings is 1. The van der Waals surface area contributed by atoms with E-state index in [-0.39, 0.29) is 31.6 Å². The molecule has 0 radical (unpaired) electrons. The lowest BCUT2D eigenvalue weighted by atomic mass is 10.00. The van der Waals surface area contributed by atoms with E-state index in [1.54, 1.807) is 19.9 Å². The third-order valence-corrected chi connectivity index (χ3v) is 4.88. The van der Waals surface area contributed by atoms with E-state index in [0.717, 1.165) is 0 Å². The van der Waals surface area contributed by atoms with E-state index in [9.17, 15) is 29.4 Å². The molecular formula is C20H25N3O7. The number of carboxylic acids is 1. The van der Waals surface area contributed by atoms with Crippen molar-refractivity contribution in [1.82, 2.24) is 10.6 Å². The van der Waals surface area contributed by atoms with E-state index in [1.807, 2.05) is 0 Å². The number of phenols is 1. The largest absolute Gasteiger partial charge is 0.508 e. The molecule has 1 aromatic carbocycles. The summed E-state index contributed by atoms with van der Waals surface area (Å²) in [6, 6.07) is 1.32. The normalized spacial score (nSPS) is 11.8. The van der Waals surface area contributed by atoms with Gasteiger partial charge in [-0.3, -0.25) is 4.79 Å². The number of aromatic hydroxyl groups is 1. The Hall–Kier alpha value is -3.56. The third-order valence-electron chi connectivity index (χ3n) is 4.88. The van der Waals surface area contributed by atoms with Crippen LogP contribution in [0.5, 0.6) is 5.75 Å². The van der Waals surface area contributed by atoms with Crippen molar-refractivity contribution in [1.29, 1.82) is 0 Å². The number of nitrogens with two attached hydrogens (primary N) is 1. The van der Waals surface area contributed by atoms with Crippen LogP contribution < -0.4 is 22.0 Å². The third kappa shape index (κ3) is 5.49. The quantitative estimate of drug-likeness (QED) is 0.299. The molecule has 0 bridgehead atoms. The average molecular weight is 419 g/mol. The van der Waals surface area contributed by atoms with E-state index in [4.69, 9.17) is 10.2 Å². The van der Waals surface area contributed by atoms with Crippen LogP contribution in [0, 0.1) is 13.8 Å². The first-order valence-corrected chi connectivity index (χ1v) is 9.42. The highest BCUT2D eigenvalue weighted by Crippen LogP contribution is 2.28. The number of amides is 3. The Morgan fingerprint density at radius 1 is 1.20 bits per heavy atom. The van der Waals surface area contributed by atoms with Crippen molar-refractivity contribution in [3.8, 4) is 5.75 Å². The molecule has 30 heavy (non-hydrogen) atoms. The summed E-state index contributed by atoms with van der Waals surface area (Å²) in [5.74, 6) is -1.70. The van der Waals surface area contributed by atoms with Crippen molar-refractivity contribution in [2.45, 2.75) is 45.6 Å². The molecule has 0 aliphatic heterocycles. The van der Waals surface area contributed by atoms with Gasteiger partial charge in [0.25, 0.3) is 0 Å². The average Bonchev–Trinajstić information content (AvgIpc) is 2.67. The molecule has 162 valence electrons. The molecule has 0 aliphatic carbocycles. The van der Waals surface area contributed by atoms with E-state index >= 15 is 0 Å². The molecule has 0 fully saturated rings. The van der Waals surface area contributed by atoms with Crippen molar-refractivity contribution < 1.29 is 29.0 Å². The molecule has 0 aliphatic rings. The summed E-state index contributed by atoms with van der Waals surface area (Å²) in [5.41, 5.74) is 6.04. The molecular weight excluding hydrogens is 394 g/mol. The molecule has 10 heteroatoms. The Morgan fingerprint density at radius 2 is 1.90 bits per heavy atom. The molecule has 10 nitrogen and oxygen atoms in total. The van der Waals surface area contributed by atoms with E-state index < -0.39 is 29.6 Å². The number of hydrogen-bond donors (Lipinski definition) is 5. The second-order valence-corrected chi connectivity index (χ2v) is 6.97. The van der Waals surface area contributed by atoms with Crippen LogP contribution in [0.3, 0.4) is 0 Å². The molecule has 0 saturated carbocycles.